The number of nitrogens with one attached hydrogen (secondary N) is 1. The molecule has 0 saturated carbocycles. The molecule has 1 aliphatic rings. The van der Waals surface area contributed by atoms with Crippen LogP contribution in [0.4, 0.5) is 0 Å². The maximum atomic E-state index is 11.9. The van der Waals surface area contributed by atoms with Crippen LogP contribution in [0.5, 0.6) is 0 Å². The van der Waals surface area contributed by atoms with Crippen LogP contribution < -0.4 is 5.32 Å². The first-order chi connectivity index (χ1) is 8.72. The Morgan fingerprint density at radius 2 is 1.63 bits per heavy atom. The van der Waals surface area contributed by atoms with Gasteiger partial charge in [-0.1, -0.05) is 20.8 Å². The Hall–Kier alpha value is -1.65. The molecule has 0 radical (unpaired) electrons. The number of hydrogen-bond acceptors (Lipinski definition) is 3. The Labute approximate surface area is 114 Å². The Bertz CT molecular complexity index is 426. The first kappa shape index (κ1) is 15.4. The smallest absolute Gasteiger partial charge is 0.256 e. The van der Waals surface area contributed by atoms with Crippen LogP contribution in [-0.4, -0.2) is 35.7 Å². The molecule has 1 heterocycles. The van der Waals surface area contributed by atoms with Crippen molar-refractivity contribution in [2.75, 3.05) is 13.1 Å². The normalized spacial score (nSPS) is 16.4. The lowest BCUT2D eigenvalue weighted by Crippen LogP contribution is -2.42. The molecule has 1 rings (SSSR count). The molecule has 1 N–H and O–H groups in total. The van der Waals surface area contributed by atoms with Gasteiger partial charge in [0.05, 0.1) is 0 Å². The molecule has 0 fully saturated rings. The molecule has 0 spiro atoms. The summed E-state index contributed by atoms with van der Waals surface area (Å²) in [5.74, 6) is -0.575. The van der Waals surface area contributed by atoms with E-state index in [1.54, 1.807) is 13.8 Å². The SMILES string of the molecule is CCC(C)(C)C(=O)NCCN1C(=O)C(C)=C(C)C1=O. The Balaban J connectivity index is 2.51. The highest BCUT2D eigenvalue weighted by atomic mass is 16.2. The first-order valence-electron chi connectivity index (χ1n) is 6.54. The molecule has 0 aliphatic carbocycles. The van der Waals surface area contributed by atoms with Crippen molar-refractivity contribution < 1.29 is 14.4 Å². The van der Waals surface area contributed by atoms with Crippen LogP contribution in [0.25, 0.3) is 0 Å². The number of imide groups is 1. The summed E-state index contributed by atoms with van der Waals surface area (Å²) in [7, 11) is 0. The Morgan fingerprint density at radius 1 is 1.16 bits per heavy atom. The third-order valence-electron chi connectivity index (χ3n) is 3.81. The van der Waals surface area contributed by atoms with E-state index in [1.807, 2.05) is 20.8 Å². The Kier molecular flexibility index (Phi) is 4.50. The molecular formula is C14H22N2O3. The molecule has 19 heavy (non-hydrogen) atoms. The van der Waals surface area contributed by atoms with Gasteiger partial charge < -0.3 is 5.32 Å². The van der Waals surface area contributed by atoms with Gasteiger partial charge in [-0.3, -0.25) is 19.3 Å². The topological polar surface area (TPSA) is 66.5 Å². The average Bonchev–Trinajstić information content (AvgIpc) is 2.55. The standard InChI is InChI=1S/C14H22N2O3/c1-6-14(4,5)13(19)15-7-8-16-11(17)9(2)10(3)12(16)18/h6-8H2,1-5H3,(H,15,19). The van der Waals surface area contributed by atoms with E-state index in [9.17, 15) is 14.4 Å². The quantitative estimate of drug-likeness (QED) is 0.761. The van der Waals surface area contributed by atoms with Crippen LogP contribution in [0, 0.1) is 5.41 Å². The average molecular weight is 266 g/mol. The van der Waals surface area contributed by atoms with Crippen molar-refractivity contribution in [3.63, 3.8) is 0 Å². The highest BCUT2D eigenvalue weighted by molar-refractivity contribution is 6.18. The van der Waals surface area contributed by atoms with Gasteiger partial charge in [0.1, 0.15) is 0 Å². The lowest BCUT2D eigenvalue weighted by Gasteiger charge is -2.22. The fourth-order valence-corrected chi connectivity index (χ4v) is 1.70. The molecule has 0 atom stereocenters. The summed E-state index contributed by atoms with van der Waals surface area (Å²) in [4.78, 5) is 36.6. The molecule has 0 bridgehead atoms. The number of carbonyl (C=O) groups is 3. The molecule has 0 unspecified atom stereocenters. The summed E-state index contributed by atoms with van der Waals surface area (Å²) in [6.07, 6.45) is 0.736. The molecular weight excluding hydrogens is 244 g/mol. The van der Waals surface area contributed by atoms with Gasteiger partial charge in [0.25, 0.3) is 11.8 Å². The van der Waals surface area contributed by atoms with Gasteiger partial charge >= 0.3 is 0 Å². The number of amides is 3. The van der Waals surface area contributed by atoms with Gasteiger partial charge in [-0.05, 0) is 20.3 Å². The van der Waals surface area contributed by atoms with Crippen LogP contribution >= 0.6 is 0 Å². The summed E-state index contributed by atoms with van der Waals surface area (Å²) in [6, 6.07) is 0. The molecule has 5 heteroatoms. The molecule has 0 aromatic heterocycles. The minimum Gasteiger partial charge on any atom is -0.354 e. The zero-order valence-electron chi connectivity index (χ0n) is 12.3. The van der Waals surface area contributed by atoms with E-state index >= 15 is 0 Å². The van der Waals surface area contributed by atoms with Crippen molar-refractivity contribution in [1.82, 2.24) is 10.2 Å². The summed E-state index contributed by atoms with van der Waals surface area (Å²) in [5, 5.41) is 2.77. The highest BCUT2D eigenvalue weighted by Gasteiger charge is 2.33. The second kappa shape index (κ2) is 5.55. The third-order valence-corrected chi connectivity index (χ3v) is 3.81. The fraction of sp³-hybridized carbons (Fsp3) is 0.643. The lowest BCUT2D eigenvalue weighted by molar-refractivity contribution is -0.138. The number of nitrogens with zero attached hydrogens (tertiary/aromatic N) is 1. The third kappa shape index (κ3) is 3.03. The van der Waals surface area contributed by atoms with Crippen LogP contribution in [-0.2, 0) is 14.4 Å². The van der Waals surface area contributed by atoms with Crippen LogP contribution in [0.15, 0.2) is 11.1 Å². The number of carbonyl (C=O) groups excluding carboxylic acids is 3. The minimum atomic E-state index is -0.427. The molecule has 0 aromatic carbocycles. The zero-order chi connectivity index (χ0) is 14.8. The zero-order valence-corrected chi connectivity index (χ0v) is 12.3. The van der Waals surface area contributed by atoms with Crippen molar-refractivity contribution >= 4 is 17.7 Å². The van der Waals surface area contributed by atoms with Crippen molar-refractivity contribution in [2.45, 2.75) is 41.0 Å². The summed E-state index contributed by atoms with van der Waals surface area (Å²) in [5.41, 5.74) is 0.554. The van der Waals surface area contributed by atoms with Gasteiger partial charge in [0.15, 0.2) is 0 Å². The maximum Gasteiger partial charge on any atom is 0.256 e. The van der Waals surface area contributed by atoms with E-state index in [1.165, 1.54) is 4.90 Å². The van der Waals surface area contributed by atoms with E-state index in [4.69, 9.17) is 0 Å². The van der Waals surface area contributed by atoms with E-state index in [0.717, 1.165) is 6.42 Å². The lowest BCUT2D eigenvalue weighted by atomic mass is 9.89. The van der Waals surface area contributed by atoms with Crippen molar-refractivity contribution in [2.24, 2.45) is 5.41 Å². The number of rotatable bonds is 5. The van der Waals surface area contributed by atoms with Gasteiger partial charge in [-0.15, -0.1) is 0 Å². The van der Waals surface area contributed by atoms with E-state index in [0.29, 0.717) is 17.7 Å². The summed E-state index contributed by atoms with van der Waals surface area (Å²) in [6.45, 7) is 9.49. The summed E-state index contributed by atoms with van der Waals surface area (Å²) >= 11 is 0. The predicted octanol–water partition coefficient (Wildman–Crippen LogP) is 1.24. The van der Waals surface area contributed by atoms with Gasteiger partial charge in [0, 0.05) is 29.7 Å². The molecule has 3 amide bonds. The molecule has 0 saturated heterocycles. The largest absolute Gasteiger partial charge is 0.354 e. The van der Waals surface area contributed by atoms with Gasteiger partial charge in [-0.25, -0.2) is 0 Å². The molecule has 5 nitrogen and oxygen atoms in total. The highest BCUT2D eigenvalue weighted by Crippen LogP contribution is 2.20. The van der Waals surface area contributed by atoms with Gasteiger partial charge in [0.2, 0.25) is 5.91 Å². The fourth-order valence-electron chi connectivity index (χ4n) is 1.70. The molecule has 0 aromatic rings. The number of hydrogen-bond donors (Lipinski definition) is 1. The van der Waals surface area contributed by atoms with E-state index in [2.05, 4.69) is 5.32 Å². The van der Waals surface area contributed by atoms with Crippen LogP contribution in [0.2, 0.25) is 0 Å². The van der Waals surface area contributed by atoms with Crippen LogP contribution in [0.1, 0.15) is 41.0 Å². The van der Waals surface area contributed by atoms with E-state index < -0.39 is 5.41 Å². The van der Waals surface area contributed by atoms with Crippen molar-refractivity contribution in [1.29, 1.82) is 0 Å². The molecule has 1 aliphatic heterocycles. The van der Waals surface area contributed by atoms with Gasteiger partial charge in [-0.2, -0.15) is 0 Å². The van der Waals surface area contributed by atoms with Crippen molar-refractivity contribution in [3.8, 4) is 0 Å². The predicted molar refractivity (Wildman–Crippen MR) is 72.2 cm³/mol. The second-order valence-electron chi connectivity index (χ2n) is 5.51. The second-order valence-corrected chi connectivity index (χ2v) is 5.51. The minimum absolute atomic E-state index is 0.0597. The van der Waals surface area contributed by atoms with E-state index in [-0.39, 0.29) is 24.3 Å². The van der Waals surface area contributed by atoms with Crippen LogP contribution in [0.3, 0.4) is 0 Å². The Morgan fingerprint density at radius 3 is 2.05 bits per heavy atom. The molecule has 106 valence electrons. The monoisotopic (exact) mass is 266 g/mol. The van der Waals surface area contributed by atoms with Crippen molar-refractivity contribution in [3.05, 3.63) is 11.1 Å². The first-order valence-corrected chi connectivity index (χ1v) is 6.54. The maximum absolute atomic E-state index is 11.9. The summed E-state index contributed by atoms with van der Waals surface area (Å²) < 4.78 is 0.